The van der Waals surface area contributed by atoms with Crippen LogP contribution in [0.5, 0.6) is 5.75 Å². The molecule has 0 N–H and O–H groups in total. The van der Waals surface area contributed by atoms with Crippen molar-refractivity contribution in [1.82, 2.24) is 0 Å². The third-order valence-electron chi connectivity index (χ3n) is 3.35. The van der Waals surface area contributed by atoms with E-state index in [1.807, 2.05) is 12.1 Å². The first-order chi connectivity index (χ1) is 11.0. The summed E-state index contributed by atoms with van der Waals surface area (Å²) in [6, 6.07) is 16.0. The predicted molar refractivity (Wildman–Crippen MR) is 99.9 cm³/mol. The number of hydrogen-bond donors (Lipinski definition) is 0. The van der Waals surface area contributed by atoms with Gasteiger partial charge in [0.25, 0.3) is 0 Å². The van der Waals surface area contributed by atoms with Crippen LogP contribution < -0.4 is 4.74 Å². The molecule has 23 heavy (non-hydrogen) atoms. The minimum Gasteiger partial charge on any atom is -0.427 e. The highest BCUT2D eigenvalue weighted by Gasteiger charge is 2.13. The van der Waals surface area contributed by atoms with Crippen molar-refractivity contribution in [3.05, 3.63) is 57.9 Å². The van der Waals surface area contributed by atoms with Gasteiger partial charge in [-0.25, -0.2) is 0 Å². The average Bonchev–Trinajstić information content (AvgIpc) is 2.90. The van der Waals surface area contributed by atoms with Gasteiger partial charge in [-0.2, -0.15) is 0 Å². The second kappa shape index (κ2) is 6.74. The van der Waals surface area contributed by atoms with E-state index in [9.17, 15) is 4.79 Å². The zero-order chi connectivity index (χ0) is 16.4. The molecule has 2 nitrogen and oxygen atoms in total. The van der Waals surface area contributed by atoms with Crippen molar-refractivity contribution >= 4 is 38.9 Å². The lowest BCUT2D eigenvalue weighted by molar-refractivity contribution is -0.131. The summed E-state index contributed by atoms with van der Waals surface area (Å²) in [4.78, 5) is 12.2. The summed E-state index contributed by atoms with van der Waals surface area (Å²) in [5.41, 5.74) is 4.53. The molecule has 5 heteroatoms. The number of carbonyl (C=O) groups is 1. The van der Waals surface area contributed by atoms with Gasteiger partial charge in [0, 0.05) is 12.5 Å². The highest BCUT2D eigenvalue weighted by atomic mass is 32.9. The van der Waals surface area contributed by atoms with Crippen LogP contribution in [0.3, 0.4) is 0 Å². The first-order valence-corrected chi connectivity index (χ1v) is 9.59. The van der Waals surface area contributed by atoms with Gasteiger partial charge < -0.3 is 4.74 Å². The van der Waals surface area contributed by atoms with Crippen LogP contribution in [0, 0.1) is 10.7 Å². The van der Waals surface area contributed by atoms with E-state index in [2.05, 4.69) is 31.2 Å². The van der Waals surface area contributed by atoms with Crippen molar-refractivity contribution in [3.63, 3.8) is 0 Å². The molecule has 1 heterocycles. The number of esters is 1. The maximum atomic E-state index is 11.0. The normalized spacial score (nSPS) is 10.5. The van der Waals surface area contributed by atoms with E-state index in [0.717, 1.165) is 15.0 Å². The highest BCUT2D eigenvalue weighted by Crippen LogP contribution is 2.41. The molecule has 0 aliphatic rings. The van der Waals surface area contributed by atoms with Gasteiger partial charge in [0.05, 0.1) is 4.88 Å². The van der Waals surface area contributed by atoms with Crippen LogP contribution in [0.2, 0.25) is 0 Å². The summed E-state index contributed by atoms with van der Waals surface area (Å²) in [6.45, 7) is 3.47. The van der Waals surface area contributed by atoms with E-state index < -0.39 is 0 Å². The summed E-state index contributed by atoms with van der Waals surface area (Å²) in [7, 11) is 3.31. The van der Waals surface area contributed by atoms with E-state index in [1.165, 1.54) is 22.9 Å². The standard InChI is InChI=1S/C18H14O2S3/c1-11-3-5-14(6-4-11)17-16(18(21)23-22-17)13-7-9-15(10-8-13)20-12(2)19/h3-10H,1-2H3. The lowest BCUT2D eigenvalue weighted by atomic mass is 10.0. The molecule has 0 spiro atoms. The zero-order valence-electron chi connectivity index (χ0n) is 12.7. The van der Waals surface area contributed by atoms with Crippen LogP contribution in [0.15, 0.2) is 48.5 Å². The third-order valence-corrected chi connectivity index (χ3v) is 6.42. The lowest BCUT2D eigenvalue weighted by Crippen LogP contribution is -2.00. The maximum absolute atomic E-state index is 11.0. The van der Waals surface area contributed by atoms with E-state index in [1.54, 1.807) is 32.8 Å². The van der Waals surface area contributed by atoms with E-state index in [-0.39, 0.29) is 5.97 Å². The summed E-state index contributed by atoms with van der Waals surface area (Å²) < 4.78 is 5.97. The number of aryl methyl sites for hydroxylation is 1. The molecule has 0 atom stereocenters. The number of rotatable bonds is 3. The largest absolute Gasteiger partial charge is 0.427 e. The molecule has 2 aromatic carbocycles. The number of carbonyl (C=O) groups excluding carboxylic acids is 1. The van der Waals surface area contributed by atoms with Gasteiger partial charge in [0.2, 0.25) is 0 Å². The fourth-order valence-corrected chi connectivity index (χ4v) is 5.18. The molecule has 0 amide bonds. The Kier molecular flexibility index (Phi) is 4.71. The van der Waals surface area contributed by atoms with Crippen LogP contribution in [0.1, 0.15) is 12.5 Å². The predicted octanol–water partition coefficient (Wildman–Crippen LogP) is 6.11. The zero-order valence-corrected chi connectivity index (χ0v) is 15.1. The van der Waals surface area contributed by atoms with Gasteiger partial charge in [-0.05, 0) is 30.2 Å². The fraction of sp³-hybridized carbons (Fsp3) is 0.111. The number of hydrogen-bond acceptors (Lipinski definition) is 5. The van der Waals surface area contributed by atoms with Gasteiger partial charge in [-0.3, -0.25) is 4.79 Å². The minimum atomic E-state index is -0.320. The third kappa shape index (κ3) is 3.58. The molecule has 0 unspecified atom stereocenters. The molecule has 0 aliphatic carbocycles. The van der Waals surface area contributed by atoms with Crippen molar-refractivity contribution in [2.24, 2.45) is 0 Å². The van der Waals surface area contributed by atoms with Gasteiger partial charge >= 0.3 is 5.97 Å². The SMILES string of the molecule is CC(=O)Oc1ccc(-c2c(-c3ccc(C)cc3)ssc2=S)cc1. The van der Waals surface area contributed by atoms with Gasteiger partial charge in [-0.1, -0.05) is 74.9 Å². The molecule has 0 aliphatic heterocycles. The van der Waals surface area contributed by atoms with Crippen LogP contribution >= 0.6 is 32.9 Å². The summed E-state index contributed by atoms with van der Waals surface area (Å²) >= 11 is 5.53. The molecule has 0 fully saturated rings. The Morgan fingerprint density at radius 2 is 1.57 bits per heavy atom. The molecule has 116 valence electrons. The highest BCUT2D eigenvalue weighted by molar-refractivity contribution is 7.80. The fourth-order valence-electron chi connectivity index (χ4n) is 2.26. The average molecular weight is 359 g/mol. The van der Waals surface area contributed by atoms with Crippen LogP contribution in [0.4, 0.5) is 0 Å². The monoisotopic (exact) mass is 358 g/mol. The quantitative estimate of drug-likeness (QED) is 0.245. The molecule has 3 aromatic rings. The van der Waals surface area contributed by atoms with Gasteiger partial charge in [0.15, 0.2) is 0 Å². The Morgan fingerprint density at radius 1 is 0.957 bits per heavy atom. The van der Waals surface area contributed by atoms with Crippen molar-refractivity contribution < 1.29 is 9.53 Å². The number of benzene rings is 2. The molecule has 1 aromatic heterocycles. The van der Waals surface area contributed by atoms with Gasteiger partial charge in [0.1, 0.15) is 9.57 Å². The summed E-state index contributed by atoms with van der Waals surface area (Å²) in [5, 5.41) is 0. The van der Waals surface area contributed by atoms with Crippen molar-refractivity contribution in [2.45, 2.75) is 13.8 Å². The minimum absolute atomic E-state index is 0.320. The number of ether oxygens (including phenoxy) is 1. The van der Waals surface area contributed by atoms with E-state index in [4.69, 9.17) is 17.0 Å². The van der Waals surface area contributed by atoms with Crippen LogP contribution in [-0.4, -0.2) is 5.97 Å². The van der Waals surface area contributed by atoms with Crippen molar-refractivity contribution in [2.75, 3.05) is 0 Å². The maximum Gasteiger partial charge on any atom is 0.308 e. The Labute approximate surface area is 147 Å². The molecule has 0 radical (unpaired) electrons. The Hall–Kier alpha value is -1.82. The van der Waals surface area contributed by atoms with E-state index in [0.29, 0.717) is 5.75 Å². The van der Waals surface area contributed by atoms with Crippen molar-refractivity contribution in [3.8, 4) is 27.3 Å². The van der Waals surface area contributed by atoms with Crippen LogP contribution in [0.25, 0.3) is 21.6 Å². The molecule has 3 rings (SSSR count). The topological polar surface area (TPSA) is 26.3 Å². The molecular weight excluding hydrogens is 344 g/mol. The second-order valence-electron chi connectivity index (χ2n) is 5.14. The van der Waals surface area contributed by atoms with Crippen molar-refractivity contribution in [1.29, 1.82) is 0 Å². The first-order valence-electron chi connectivity index (χ1n) is 7.03. The Balaban J connectivity index is 2.03. The molecule has 0 saturated carbocycles. The van der Waals surface area contributed by atoms with Gasteiger partial charge in [-0.15, -0.1) is 0 Å². The molecule has 0 saturated heterocycles. The molecular formula is C18H14O2S3. The summed E-state index contributed by atoms with van der Waals surface area (Å²) in [5.74, 6) is 0.225. The van der Waals surface area contributed by atoms with Crippen LogP contribution in [-0.2, 0) is 4.79 Å². The first kappa shape index (κ1) is 16.1. The summed E-state index contributed by atoms with van der Waals surface area (Å²) in [6.07, 6.45) is 0. The van der Waals surface area contributed by atoms with E-state index >= 15 is 0 Å². The second-order valence-corrected chi connectivity index (χ2v) is 7.96. The smallest absolute Gasteiger partial charge is 0.308 e. The lowest BCUT2D eigenvalue weighted by Gasteiger charge is -2.06. The molecule has 0 bridgehead atoms. The Bertz CT molecular complexity index is 887. The Morgan fingerprint density at radius 3 is 2.17 bits per heavy atom.